The normalized spacial score (nSPS) is 19.1. The van der Waals surface area contributed by atoms with Gasteiger partial charge in [0.2, 0.25) is 0 Å². The van der Waals surface area contributed by atoms with Gasteiger partial charge in [0, 0.05) is 25.4 Å². The number of nitrogens with zero attached hydrogens (tertiary/aromatic N) is 2. The highest BCUT2D eigenvalue weighted by molar-refractivity contribution is 5.74. The van der Waals surface area contributed by atoms with Crippen molar-refractivity contribution >= 4 is 5.57 Å². The average molecular weight is 303 g/mol. The summed E-state index contributed by atoms with van der Waals surface area (Å²) >= 11 is 0. The van der Waals surface area contributed by atoms with Gasteiger partial charge in [-0.25, -0.2) is 4.98 Å². The maximum Gasteiger partial charge on any atom is 0.0945 e. The van der Waals surface area contributed by atoms with Gasteiger partial charge in [0.15, 0.2) is 0 Å². The highest BCUT2D eigenvalue weighted by atomic mass is 15.0. The molecule has 1 aliphatic carbocycles. The lowest BCUT2D eigenvalue weighted by Gasteiger charge is -2.20. The second kappa shape index (κ2) is 5.58. The predicted octanol–water partition coefficient (Wildman–Crippen LogP) is 3.32. The number of imidazole rings is 1. The van der Waals surface area contributed by atoms with Crippen LogP contribution in [0.3, 0.4) is 0 Å². The molecule has 0 saturated heterocycles. The molecule has 0 spiro atoms. The summed E-state index contributed by atoms with van der Waals surface area (Å²) in [7, 11) is 2.06. The van der Waals surface area contributed by atoms with Gasteiger partial charge in [-0.15, -0.1) is 0 Å². The molecule has 0 radical (unpaired) electrons. The van der Waals surface area contributed by atoms with Crippen molar-refractivity contribution < 1.29 is 0 Å². The molecule has 2 heterocycles. The summed E-state index contributed by atoms with van der Waals surface area (Å²) in [6, 6.07) is 7.19. The molecule has 0 saturated carbocycles. The van der Waals surface area contributed by atoms with Crippen LogP contribution < -0.4 is 5.32 Å². The second-order valence-electron chi connectivity index (χ2n) is 6.45. The maximum absolute atomic E-state index is 4.26. The van der Waals surface area contributed by atoms with E-state index < -0.39 is 0 Å². The molecule has 2 aromatic rings. The van der Waals surface area contributed by atoms with Gasteiger partial charge in [0.1, 0.15) is 0 Å². The van der Waals surface area contributed by atoms with E-state index in [0.717, 1.165) is 12.8 Å². The van der Waals surface area contributed by atoms with E-state index in [1.165, 1.54) is 33.5 Å². The lowest BCUT2D eigenvalue weighted by Crippen LogP contribution is -2.29. The summed E-state index contributed by atoms with van der Waals surface area (Å²) in [5.74, 6) is 0. The lowest BCUT2D eigenvalue weighted by molar-refractivity contribution is 0.668. The fourth-order valence-electron chi connectivity index (χ4n) is 3.43. The molecule has 1 aromatic carbocycles. The van der Waals surface area contributed by atoms with Gasteiger partial charge in [-0.1, -0.05) is 35.9 Å². The van der Waals surface area contributed by atoms with E-state index in [2.05, 4.69) is 65.3 Å². The zero-order chi connectivity index (χ0) is 15.8. The quantitative estimate of drug-likeness (QED) is 0.922. The first-order chi connectivity index (χ1) is 11.2. The third-order valence-corrected chi connectivity index (χ3v) is 4.75. The number of hydrogen-bond donors (Lipinski definition) is 1. The molecule has 1 N–H and O–H groups in total. The van der Waals surface area contributed by atoms with Crippen molar-refractivity contribution in [2.75, 3.05) is 0 Å². The van der Waals surface area contributed by atoms with E-state index in [1.807, 2.05) is 18.7 Å². The van der Waals surface area contributed by atoms with Gasteiger partial charge in [-0.3, -0.25) is 0 Å². The molecule has 1 atom stereocenters. The molecule has 0 amide bonds. The van der Waals surface area contributed by atoms with Gasteiger partial charge >= 0.3 is 0 Å². The van der Waals surface area contributed by atoms with Crippen molar-refractivity contribution in [2.24, 2.45) is 7.05 Å². The third kappa shape index (κ3) is 2.63. The zero-order valence-electron chi connectivity index (χ0n) is 13.6. The van der Waals surface area contributed by atoms with E-state index in [4.69, 9.17) is 0 Å². The molecule has 3 nitrogen and oxygen atoms in total. The van der Waals surface area contributed by atoms with Gasteiger partial charge in [0.05, 0.1) is 12.4 Å². The predicted molar refractivity (Wildman–Crippen MR) is 93.9 cm³/mol. The fraction of sp³-hybridized carbons (Fsp3) is 0.250. The monoisotopic (exact) mass is 303 g/mol. The van der Waals surface area contributed by atoms with E-state index in [1.54, 1.807) is 0 Å². The van der Waals surface area contributed by atoms with Crippen LogP contribution in [-0.2, 0) is 19.9 Å². The van der Waals surface area contributed by atoms with E-state index in [0.29, 0.717) is 6.04 Å². The molecule has 1 aromatic heterocycles. The van der Waals surface area contributed by atoms with Crippen molar-refractivity contribution in [2.45, 2.75) is 25.8 Å². The molecule has 116 valence electrons. The number of nitrogens with one attached hydrogen (secondary N) is 1. The molecule has 4 rings (SSSR count). The van der Waals surface area contributed by atoms with Crippen LogP contribution in [0.2, 0.25) is 0 Å². The smallest absolute Gasteiger partial charge is 0.0945 e. The van der Waals surface area contributed by atoms with Crippen LogP contribution in [-0.4, -0.2) is 15.6 Å². The van der Waals surface area contributed by atoms with Crippen LogP contribution in [0.1, 0.15) is 22.4 Å². The van der Waals surface area contributed by atoms with E-state index in [-0.39, 0.29) is 0 Å². The Morgan fingerprint density at radius 2 is 2.26 bits per heavy atom. The van der Waals surface area contributed by atoms with Gasteiger partial charge in [0.25, 0.3) is 0 Å². The first-order valence-corrected chi connectivity index (χ1v) is 8.09. The number of rotatable bonds is 2. The summed E-state index contributed by atoms with van der Waals surface area (Å²) in [5.41, 5.74) is 8.08. The third-order valence-electron chi connectivity index (χ3n) is 4.75. The molecule has 0 fully saturated rings. The molecule has 1 unspecified atom stereocenters. The molecule has 1 aliphatic heterocycles. The number of dihydropyridines is 1. The number of benzene rings is 1. The molecule has 23 heavy (non-hydrogen) atoms. The van der Waals surface area contributed by atoms with Crippen LogP contribution in [0, 0.1) is 6.92 Å². The minimum Gasteiger partial charge on any atom is -0.384 e. The largest absolute Gasteiger partial charge is 0.384 e. The Labute approximate surface area is 137 Å². The second-order valence-corrected chi connectivity index (χ2v) is 6.45. The highest BCUT2D eigenvalue weighted by Crippen LogP contribution is 2.32. The lowest BCUT2D eigenvalue weighted by atomic mass is 9.94. The Balaban J connectivity index is 1.83. The summed E-state index contributed by atoms with van der Waals surface area (Å²) in [4.78, 5) is 4.26. The highest BCUT2D eigenvalue weighted by Gasteiger charge is 2.22. The van der Waals surface area contributed by atoms with Crippen molar-refractivity contribution in [1.29, 1.82) is 0 Å². The van der Waals surface area contributed by atoms with Gasteiger partial charge < -0.3 is 9.88 Å². The topological polar surface area (TPSA) is 29.9 Å². The number of aryl methyl sites for hydroxylation is 2. The van der Waals surface area contributed by atoms with Crippen LogP contribution in [0.25, 0.3) is 5.57 Å². The molecule has 0 bridgehead atoms. The number of allylic oxidation sites excluding steroid dienone is 3. The van der Waals surface area contributed by atoms with Gasteiger partial charge in [-0.05, 0) is 47.9 Å². The number of fused-ring (bicyclic) bond motifs is 2. The summed E-state index contributed by atoms with van der Waals surface area (Å²) in [6.07, 6.45) is 14.5. The van der Waals surface area contributed by atoms with E-state index >= 15 is 0 Å². The van der Waals surface area contributed by atoms with E-state index in [9.17, 15) is 0 Å². The van der Waals surface area contributed by atoms with Crippen LogP contribution >= 0.6 is 0 Å². The van der Waals surface area contributed by atoms with Crippen molar-refractivity contribution in [3.8, 4) is 0 Å². The average Bonchev–Trinajstić information content (AvgIpc) is 2.88. The summed E-state index contributed by atoms with van der Waals surface area (Å²) in [6.45, 7) is 2.17. The molecule has 2 aliphatic rings. The summed E-state index contributed by atoms with van der Waals surface area (Å²) in [5, 5.41) is 3.50. The molecule has 3 heteroatoms. The first-order valence-electron chi connectivity index (χ1n) is 8.09. The Morgan fingerprint density at radius 3 is 3.09 bits per heavy atom. The minimum absolute atomic E-state index is 0.366. The SMILES string of the molecule is Cc1ccc2c(c1)C(Cc1cncn1C)=CC1=CC=CNC1C2. The molecular formula is C20H21N3. The minimum atomic E-state index is 0.366. The standard InChI is InChI=1S/C20H21N3/c1-14-5-6-15-11-20-16(4-3-7-22-20)9-17(19(15)8-14)10-18-12-21-13-23(18)2/h3-9,12-13,20,22H,10-11H2,1-2H3. The zero-order valence-corrected chi connectivity index (χ0v) is 13.6. The van der Waals surface area contributed by atoms with Gasteiger partial charge in [-0.2, -0.15) is 0 Å². The summed E-state index contributed by atoms with van der Waals surface area (Å²) < 4.78 is 2.10. The van der Waals surface area contributed by atoms with Crippen LogP contribution in [0.5, 0.6) is 0 Å². The number of aromatic nitrogens is 2. The van der Waals surface area contributed by atoms with Crippen molar-refractivity contribution in [3.05, 3.63) is 83.1 Å². The Kier molecular flexibility index (Phi) is 3.41. The Bertz CT molecular complexity index is 836. The molecular weight excluding hydrogens is 282 g/mol. The van der Waals surface area contributed by atoms with Crippen molar-refractivity contribution in [1.82, 2.24) is 14.9 Å². The van der Waals surface area contributed by atoms with Crippen LogP contribution in [0.15, 0.2) is 60.7 Å². The van der Waals surface area contributed by atoms with Crippen LogP contribution in [0.4, 0.5) is 0 Å². The maximum atomic E-state index is 4.26. The fourth-order valence-corrected chi connectivity index (χ4v) is 3.43. The number of hydrogen-bond acceptors (Lipinski definition) is 2. The Hall–Kier alpha value is -2.55. The first kappa shape index (κ1) is 14.1. The Morgan fingerprint density at radius 1 is 1.35 bits per heavy atom. The van der Waals surface area contributed by atoms with Crippen molar-refractivity contribution in [3.63, 3.8) is 0 Å².